The third-order valence-corrected chi connectivity index (χ3v) is 0.909. The smallest absolute Gasteiger partial charge is 0.415 e. The summed E-state index contributed by atoms with van der Waals surface area (Å²) in [5.74, 6) is 0. The van der Waals surface area contributed by atoms with E-state index in [-0.39, 0.29) is 10.8 Å². The Morgan fingerprint density at radius 3 is 1.50 bits per heavy atom. The Labute approximate surface area is 54.7 Å². The van der Waals surface area contributed by atoms with Crippen LogP contribution in [0.4, 0.5) is 0 Å². The maximum absolute atomic E-state index is 10.4. The lowest BCUT2D eigenvalue weighted by Gasteiger charge is -1.80. The first-order valence-electron chi connectivity index (χ1n) is 2.43. The van der Waals surface area contributed by atoms with Gasteiger partial charge in [0.15, 0.2) is 10.8 Å². The molecule has 0 spiro atoms. The van der Waals surface area contributed by atoms with Crippen LogP contribution in [0.25, 0.3) is 13.2 Å². The maximum atomic E-state index is 10.4. The first-order valence-corrected chi connectivity index (χ1v) is 2.43. The van der Waals surface area contributed by atoms with Gasteiger partial charge in [-0.2, -0.15) is 0 Å². The fraction of sp³-hybridized carbons (Fsp3) is 0. The Hall–Kier alpha value is -1.58. The number of rotatable bonds is 0. The van der Waals surface area contributed by atoms with Crippen molar-refractivity contribution in [3.63, 3.8) is 0 Å². The predicted octanol–water partition coefficient (Wildman–Crippen LogP) is -1.59. The topological polar surface area (TPSA) is 60.4 Å². The van der Waals surface area contributed by atoms with E-state index in [1.807, 2.05) is 0 Å². The molecule has 1 aromatic rings. The molecule has 0 saturated carbocycles. The summed E-state index contributed by atoms with van der Waals surface area (Å²) in [6.07, 6.45) is 0. The fourth-order valence-corrected chi connectivity index (χ4v) is 0.421. The van der Waals surface area contributed by atoms with Crippen molar-refractivity contribution in [2.45, 2.75) is 0 Å². The van der Waals surface area contributed by atoms with Gasteiger partial charge < -0.3 is 8.83 Å². The number of hydrogen-bond donors (Lipinski definition) is 0. The van der Waals surface area contributed by atoms with Crippen LogP contribution >= 0.6 is 0 Å². The minimum atomic E-state index is -1.06. The van der Waals surface area contributed by atoms with Crippen molar-refractivity contribution in [2.24, 2.45) is 0 Å². The Morgan fingerprint density at radius 2 is 1.20 bits per heavy atom. The van der Waals surface area contributed by atoms with Crippen molar-refractivity contribution in [3.8, 4) is 0 Å². The Bertz CT molecular complexity index is 354. The second-order valence-electron chi connectivity index (χ2n) is 1.63. The molecule has 4 nitrogen and oxygen atoms in total. The van der Waals surface area contributed by atoms with Gasteiger partial charge in [-0.3, -0.25) is 0 Å². The second-order valence-corrected chi connectivity index (χ2v) is 1.63. The van der Waals surface area contributed by atoms with E-state index < -0.39 is 11.3 Å². The van der Waals surface area contributed by atoms with E-state index in [2.05, 4.69) is 22.0 Å². The third kappa shape index (κ3) is 0.907. The Kier molecular flexibility index (Phi) is 1.30. The molecule has 4 heteroatoms. The van der Waals surface area contributed by atoms with E-state index >= 15 is 0 Å². The lowest BCUT2D eigenvalue weighted by Crippen LogP contribution is -2.36. The van der Waals surface area contributed by atoms with Crippen LogP contribution in [0.15, 0.2) is 18.4 Å². The van der Waals surface area contributed by atoms with Crippen molar-refractivity contribution in [3.05, 3.63) is 31.7 Å². The van der Waals surface area contributed by atoms with Crippen LogP contribution in [0.2, 0.25) is 0 Å². The molecule has 1 heterocycles. The normalized spacial score (nSPS) is 9.60. The van der Waals surface area contributed by atoms with Gasteiger partial charge >= 0.3 is 11.3 Å². The van der Waals surface area contributed by atoms with Gasteiger partial charge in [-0.1, -0.05) is 13.2 Å². The third-order valence-electron chi connectivity index (χ3n) is 0.909. The lowest BCUT2D eigenvalue weighted by molar-refractivity contribution is 0.347. The van der Waals surface area contributed by atoms with Crippen LogP contribution in [0.1, 0.15) is 0 Å². The summed E-state index contributed by atoms with van der Waals surface area (Å²) in [6.45, 7) is 6.52. The Balaban J connectivity index is 3.94. The monoisotopic (exact) mass is 140 g/mol. The first-order chi connectivity index (χ1) is 4.61. The molecule has 0 radical (unpaired) electrons. The van der Waals surface area contributed by atoms with Gasteiger partial charge in [-0.05, 0) is 0 Å². The zero-order valence-corrected chi connectivity index (χ0v) is 5.05. The van der Waals surface area contributed by atoms with Crippen molar-refractivity contribution in [2.75, 3.05) is 0 Å². The van der Waals surface area contributed by atoms with Crippen molar-refractivity contribution in [1.29, 1.82) is 0 Å². The second kappa shape index (κ2) is 1.98. The average Bonchev–Trinajstić information content (AvgIpc) is 1.84. The van der Waals surface area contributed by atoms with Gasteiger partial charge in [-0.25, -0.2) is 9.59 Å². The van der Waals surface area contributed by atoms with Crippen molar-refractivity contribution >= 4 is 13.2 Å². The maximum Gasteiger partial charge on any atom is 0.423 e. The minimum Gasteiger partial charge on any atom is -0.415 e. The van der Waals surface area contributed by atoms with Gasteiger partial charge in [0, 0.05) is 0 Å². The highest BCUT2D eigenvalue weighted by Gasteiger charge is 1.95. The molecule has 0 amide bonds. The molecule has 0 unspecified atom stereocenters. The van der Waals surface area contributed by atoms with Crippen molar-refractivity contribution < 1.29 is 8.83 Å². The summed E-state index contributed by atoms with van der Waals surface area (Å²) in [5, 5.41) is 0. The molecule has 0 aliphatic rings. The van der Waals surface area contributed by atoms with E-state index in [1.54, 1.807) is 0 Å². The van der Waals surface area contributed by atoms with Gasteiger partial charge in [0.05, 0.1) is 0 Å². The van der Waals surface area contributed by atoms with Crippen LogP contribution in [0, 0.1) is 0 Å². The van der Waals surface area contributed by atoms with Gasteiger partial charge in [0.25, 0.3) is 0 Å². The van der Waals surface area contributed by atoms with E-state index in [1.165, 1.54) is 0 Å². The molecule has 0 fully saturated rings. The zero-order chi connectivity index (χ0) is 7.72. The molecule has 0 aliphatic carbocycles. The van der Waals surface area contributed by atoms with E-state index in [9.17, 15) is 9.59 Å². The molecule has 0 aromatic carbocycles. The van der Waals surface area contributed by atoms with E-state index in [0.29, 0.717) is 0 Å². The molecular formula is C6H4O4. The SMILES string of the molecule is C=c1oc(=O)c(=O)oc1=C. The largest absolute Gasteiger partial charge is 0.423 e. The average molecular weight is 140 g/mol. The van der Waals surface area contributed by atoms with Crippen LogP contribution in [-0.2, 0) is 0 Å². The van der Waals surface area contributed by atoms with Crippen molar-refractivity contribution in [1.82, 2.24) is 0 Å². The minimum absolute atomic E-state index is 0.0235. The summed E-state index contributed by atoms with van der Waals surface area (Å²) >= 11 is 0. The first kappa shape index (κ1) is 6.54. The highest BCUT2D eigenvalue weighted by Crippen LogP contribution is 1.45. The molecule has 0 N–H and O–H groups in total. The molecule has 0 saturated heterocycles. The standard InChI is InChI=1S/C6H4O4/c1-3-4(2)10-6(8)5(7)9-3/h1-2H2. The summed E-state index contributed by atoms with van der Waals surface area (Å²) < 4.78 is 8.61. The van der Waals surface area contributed by atoms with Crippen LogP contribution in [-0.4, -0.2) is 0 Å². The molecule has 1 aromatic heterocycles. The summed E-state index contributed by atoms with van der Waals surface area (Å²) in [7, 11) is 0. The van der Waals surface area contributed by atoms with E-state index in [0.717, 1.165) is 0 Å². The van der Waals surface area contributed by atoms with Gasteiger partial charge in [0.2, 0.25) is 0 Å². The van der Waals surface area contributed by atoms with Gasteiger partial charge in [-0.15, -0.1) is 0 Å². The molecule has 0 atom stereocenters. The highest BCUT2D eigenvalue weighted by molar-refractivity contribution is 4.96. The molecule has 10 heavy (non-hydrogen) atoms. The molecule has 0 bridgehead atoms. The number of hydrogen-bond acceptors (Lipinski definition) is 4. The molecule has 1 rings (SSSR count). The summed E-state index contributed by atoms with van der Waals surface area (Å²) in [4.78, 5) is 20.7. The zero-order valence-electron chi connectivity index (χ0n) is 5.05. The van der Waals surface area contributed by atoms with Crippen LogP contribution in [0.5, 0.6) is 0 Å². The fourth-order valence-electron chi connectivity index (χ4n) is 0.421. The van der Waals surface area contributed by atoms with Crippen LogP contribution in [0.3, 0.4) is 0 Å². The quantitative estimate of drug-likeness (QED) is 0.408. The molecular weight excluding hydrogens is 136 g/mol. The molecule has 0 aliphatic heterocycles. The summed E-state index contributed by atoms with van der Waals surface area (Å²) in [6, 6.07) is 0. The predicted molar refractivity (Wildman–Crippen MR) is 33.8 cm³/mol. The van der Waals surface area contributed by atoms with E-state index in [4.69, 9.17) is 0 Å². The molecule has 52 valence electrons. The summed E-state index contributed by atoms with van der Waals surface area (Å²) in [5.41, 5.74) is -2.16. The Morgan fingerprint density at radius 1 is 0.900 bits per heavy atom. The lowest BCUT2D eigenvalue weighted by atomic mass is 10.7. The van der Waals surface area contributed by atoms with Crippen LogP contribution < -0.4 is 22.1 Å². The van der Waals surface area contributed by atoms with Gasteiger partial charge in [0.1, 0.15) is 0 Å². The highest BCUT2D eigenvalue weighted by atomic mass is 16.5.